The Kier molecular flexibility index (Phi) is 7.34. The number of hydrogen-bond acceptors (Lipinski definition) is 8. The number of phenols is 1. The molecule has 1 aromatic carbocycles. The smallest absolute Gasteiger partial charge is 0.417 e. The predicted octanol–water partition coefficient (Wildman–Crippen LogP) is 5.94. The number of anilines is 3. The van der Waals surface area contributed by atoms with Crippen LogP contribution in [0.3, 0.4) is 0 Å². The molecule has 0 radical (unpaired) electrons. The van der Waals surface area contributed by atoms with Gasteiger partial charge in [-0.15, -0.1) is 11.3 Å². The number of hydrogen-bond donors (Lipinski definition) is 3. The number of halogens is 3. The van der Waals surface area contributed by atoms with Crippen LogP contribution >= 0.6 is 22.5 Å². The normalized spacial score (nSPS) is 13.5. The van der Waals surface area contributed by atoms with E-state index >= 15 is 0 Å². The third-order valence-corrected chi connectivity index (χ3v) is 6.86. The molecule has 0 aliphatic heterocycles. The molecule has 190 valence electrons. The number of nitrogens with zero attached hydrogens (tertiary/aromatic N) is 3. The number of benzene rings is 1. The fraction of sp³-hybridized carbons (Fsp3) is 0.409. The molecule has 0 spiro atoms. The summed E-state index contributed by atoms with van der Waals surface area (Å²) in [4.78, 5) is 15.5. The molecule has 13 heteroatoms. The van der Waals surface area contributed by atoms with E-state index < -0.39 is 40.1 Å². The van der Waals surface area contributed by atoms with E-state index in [2.05, 4.69) is 19.4 Å². The van der Waals surface area contributed by atoms with Crippen molar-refractivity contribution < 1.29 is 27.6 Å². The lowest BCUT2D eigenvalue weighted by atomic mass is 9.86. The summed E-state index contributed by atoms with van der Waals surface area (Å²) >= 11 is -0.396. The lowest BCUT2D eigenvalue weighted by Crippen LogP contribution is -2.26. The van der Waals surface area contributed by atoms with Gasteiger partial charge in [0.25, 0.3) is 5.91 Å². The van der Waals surface area contributed by atoms with Crippen molar-refractivity contribution in [2.75, 3.05) is 24.7 Å². The van der Waals surface area contributed by atoms with Crippen LogP contribution in [0.15, 0.2) is 24.3 Å². The van der Waals surface area contributed by atoms with E-state index in [1.165, 1.54) is 14.1 Å². The zero-order valence-corrected chi connectivity index (χ0v) is 21.6. The average molecular weight is 530 g/mol. The maximum absolute atomic E-state index is 13.5. The van der Waals surface area contributed by atoms with Crippen molar-refractivity contribution in [3.63, 3.8) is 0 Å². The Balaban J connectivity index is 2.03. The number of carbonyl (C=O) groups excluding carboxylic acids is 1. The zero-order chi connectivity index (χ0) is 26.3. The molecule has 3 N–H and O–H groups in total. The molecular formula is C22H26F3N5O3S2. The molecule has 1 amide bonds. The second kappa shape index (κ2) is 9.63. The third-order valence-electron chi connectivity index (χ3n) is 5.11. The number of phenolic OH excluding ortho intramolecular Hbond substituents is 1. The number of nitrogens with one attached hydrogen (secondary N) is 2. The summed E-state index contributed by atoms with van der Waals surface area (Å²) in [5.74, 6) is -1.85. The minimum atomic E-state index is -4.86. The number of aromatic hydroxyl groups is 1. The van der Waals surface area contributed by atoms with Crippen LogP contribution in [0.25, 0.3) is 0 Å². The highest BCUT2D eigenvalue weighted by atomic mass is 32.2. The largest absolute Gasteiger partial charge is 0.546 e. The van der Waals surface area contributed by atoms with Crippen molar-refractivity contribution >= 4 is 45.7 Å². The van der Waals surface area contributed by atoms with Gasteiger partial charge in [0.2, 0.25) is 11.6 Å². The Morgan fingerprint density at radius 3 is 2.29 bits per heavy atom. The van der Waals surface area contributed by atoms with Crippen LogP contribution in [-0.4, -0.2) is 43.3 Å². The number of aryl methyl sites for hydroxylation is 1. The lowest BCUT2D eigenvalue weighted by molar-refractivity contribution is -0.138. The molecule has 2 aromatic heterocycles. The van der Waals surface area contributed by atoms with Crippen molar-refractivity contribution in [1.29, 1.82) is 0 Å². The second-order valence-corrected chi connectivity index (χ2v) is 11.4. The Labute approximate surface area is 207 Å². The molecule has 3 aromatic rings. The fourth-order valence-electron chi connectivity index (χ4n) is 3.40. The molecule has 2 heterocycles. The van der Waals surface area contributed by atoms with Crippen LogP contribution in [0.2, 0.25) is 0 Å². The molecule has 8 nitrogen and oxygen atoms in total. The van der Waals surface area contributed by atoms with Gasteiger partial charge in [-0.3, -0.25) is 4.79 Å². The molecular weight excluding hydrogens is 503 g/mol. The first-order valence-electron chi connectivity index (χ1n) is 10.4. The van der Waals surface area contributed by atoms with Gasteiger partial charge in [-0.25, -0.2) is 0 Å². The summed E-state index contributed by atoms with van der Waals surface area (Å²) in [6.45, 7) is 8.01. The summed E-state index contributed by atoms with van der Waals surface area (Å²) in [5, 5.41) is 16.6. The van der Waals surface area contributed by atoms with Crippen molar-refractivity contribution in [2.45, 2.75) is 39.9 Å². The standard InChI is InChI=1S/C22H26F3N5O3S2/c1-11-7-10-14(34-11)17(21(2,3)4)27-19-18(28-35(33)29-19)26-13-9-8-12(22(23,24)25)15(16(13)31)20(32)30(5)6/h7-10,17,31H,1-6H3,(H,26,28)(H,27,29)/t17-,35?/m0/s1. The monoisotopic (exact) mass is 529 g/mol. The van der Waals surface area contributed by atoms with Gasteiger partial charge >= 0.3 is 6.18 Å². The van der Waals surface area contributed by atoms with Crippen LogP contribution in [0.1, 0.15) is 52.5 Å². The lowest BCUT2D eigenvalue weighted by Gasteiger charge is -2.30. The molecule has 0 fully saturated rings. The highest BCUT2D eigenvalue weighted by molar-refractivity contribution is 7.14. The molecule has 0 aliphatic carbocycles. The highest BCUT2D eigenvalue weighted by Crippen LogP contribution is 2.43. The van der Waals surface area contributed by atoms with Crippen LogP contribution in [0.5, 0.6) is 5.75 Å². The number of amides is 1. The van der Waals surface area contributed by atoms with Crippen LogP contribution in [0, 0.1) is 12.3 Å². The summed E-state index contributed by atoms with van der Waals surface area (Å²) in [6, 6.07) is 5.37. The fourth-order valence-corrected chi connectivity index (χ4v) is 5.19. The van der Waals surface area contributed by atoms with E-state index in [0.29, 0.717) is 6.07 Å². The maximum atomic E-state index is 13.5. The number of rotatable bonds is 6. The van der Waals surface area contributed by atoms with Gasteiger partial charge in [0.1, 0.15) is 0 Å². The van der Waals surface area contributed by atoms with Gasteiger partial charge in [-0.05, 0) is 36.6 Å². The third kappa shape index (κ3) is 5.85. The van der Waals surface area contributed by atoms with Gasteiger partial charge in [-0.1, -0.05) is 20.8 Å². The molecule has 0 aliphatic rings. The first-order valence-corrected chi connectivity index (χ1v) is 12.3. The van der Waals surface area contributed by atoms with Gasteiger partial charge < -0.3 is 25.2 Å². The summed E-state index contributed by atoms with van der Waals surface area (Å²) < 4.78 is 60.6. The average Bonchev–Trinajstić information content (AvgIpc) is 3.29. The van der Waals surface area contributed by atoms with E-state index in [9.17, 15) is 27.6 Å². The first kappa shape index (κ1) is 26.7. The van der Waals surface area contributed by atoms with Gasteiger partial charge in [0.05, 0.1) is 22.9 Å². The SMILES string of the molecule is Cc1ccc([C@H](Nc2n[s+]([O-])nc2Nc2ccc(C(F)(F)F)c(C(=O)N(C)C)c2O)C(C)(C)C)s1. The number of thiophene rings is 1. The van der Waals surface area contributed by atoms with Crippen molar-refractivity contribution in [3.05, 3.63) is 45.1 Å². The topological polar surface area (TPSA) is 113 Å². The molecule has 35 heavy (non-hydrogen) atoms. The van der Waals surface area contributed by atoms with Crippen molar-refractivity contribution in [3.8, 4) is 5.75 Å². The van der Waals surface area contributed by atoms with Crippen LogP contribution < -0.4 is 10.6 Å². The van der Waals surface area contributed by atoms with Crippen LogP contribution in [0.4, 0.5) is 30.5 Å². The number of carbonyl (C=O) groups is 1. The molecule has 0 saturated carbocycles. The van der Waals surface area contributed by atoms with E-state index in [1.807, 2.05) is 39.8 Å². The van der Waals surface area contributed by atoms with E-state index in [4.69, 9.17) is 0 Å². The Morgan fingerprint density at radius 2 is 1.77 bits per heavy atom. The minimum absolute atomic E-state index is 0.0378. The Hall–Kier alpha value is -2.90. The van der Waals surface area contributed by atoms with Crippen LogP contribution in [-0.2, 0) is 6.18 Å². The molecule has 3 rings (SSSR count). The van der Waals surface area contributed by atoms with E-state index in [0.717, 1.165) is 20.7 Å². The number of alkyl halides is 3. The second-order valence-electron chi connectivity index (χ2n) is 9.21. The zero-order valence-electron chi connectivity index (χ0n) is 19.9. The predicted molar refractivity (Wildman–Crippen MR) is 130 cm³/mol. The molecule has 0 saturated heterocycles. The molecule has 0 bridgehead atoms. The van der Waals surface area contributed by atoms with Crippen molar-refractivity contribution in [1.82, 2.24) is 13.6 Å². The maximum Gasteiger partial charge on any atom is 0.417 e. The minimum Gasteiger partial charge on any atom is -0.546 e. The highest BCUT2D eigenvalue weighted by Gasteiger charge is 2.38. The van der Waals surface area contributed by atoms with E-state index in [-0.39, 0.29) is 28.8 Å². The Morgan fingerprint density at radius 1 is 1.14 bits per heavy atom. The quantitative estimate of drug-likeness (QED) is 0.267. The number of aromatic nitrogens is 2. The van der Waals surface area contributed by atoms with Gasteiger partial charge in [-0.2, -0.15) is 13.2 Å². The summed E-state index contributed by atoms with van der Waals surface area (Å²) in [5.41, 5.74) is -2.68. The Bertz CT molecular complexity index is 1230. The summed E-state index contributed by atoms with van der Waals surface area (Å²) in [7, 11) is 2.56. The van der Waals surface area contributed by atoms with Gasteiger partial charge in [0, 0.05) is 32.6 Å². The first-order chi connectivity index (χ1) is 16.1. The molecule has 2 atom stereocenters. The van der Waals surface area contributed by atoms with Crippen molar-refractivity contribution in [2.24, 2.45) is 5.41 Å². The summed E-state index contributed by atoms with van der Waals surface area (Å²) in [6.07, 6.45) is -4.86. The van der Waals surface area contributed by atoms with Gasteiger partial charge in [0.15, 0.2) is 16.9 Å². The van der Waals surface area contributed by atoms with E-state index in [1.54, 1.807) is 11.3 Å². The molecule has 1 unspecified atom stereocenters.